The number of hydrogen-bond acceptors (Lipinski definition) is 4. The van der Waals surface area contributed by atoms with Crippen molar-refractivity contribution >= 4 is 21.8 Å². The highest BCUT2D eigenvalue weighted by molar-refractivity contribution is 9.10. The smallest absolute Gasteiger partial charge is 0.216 e. The van der Waals surface area contributed by atoms with Crippen LogP contribution in [0, 0.1) is 0 Å². The van der Waals surface area contributed by atoms with Crippen LogP contribution in [0.3, 0.4) is 0 Å². The van der Waals surface area contributed by atoms with Crippen molar-refractivity contribution in [2.45, 2.75) is 25.6 Å². The number of hydrogen-bond donors (Lipinski definition) is 3. The van der Waals surface area contributed by atoms with Gasteiger partial charge in [-0.1, -0.05) is 6.07 Å². The molecule has 5 nitrogen and oxygen atoms in total. The molecule has 0 bridgehead atoms. The molecule has 1 aromatic rings. The molecule has 0 aromatic carbocycles. The van der Waals surface area contributed by atoms with Crippen molar-refractivity contribution < 1.29 is 15.0 Å². The normalized spacial score (nSPS) is 14.1. The van der Waals surface area contributed by atoms with Crippen LogP contribution in [0.1, 0.15) is 25.0 Å². The summed E-state index contributed by atoms with van der Waals surface area (Å²) >= 11 is 3.20. The van der Waals surface area contributed by atoms with E-state index < -0.39 is 12.2 Å². The maximum atomic E-state index is 10.6. The molecule has 0 radical (unpaired) electrons. The van der Waals surface area contributed by atoms with Gasteiger partial charge in [-0.25, -0.2) is 4.98 Å². The van der Waals surface area contributed by atoms with Crippen molar-refractivity contribution in [2.24, 2.45) is 0 Å². The molecule has 0 aliphatic carbocycles. The fourth-order valence-electron chi connectivity index (χ4n) is 1.38. The molecule has 1 rings (SSSR count). The van der Waals surface area contributed by atoms with E-state index in [2.05, 4.69) is 26.2 Å². The molecule has 0 saturated heterocycles. The topological polar surface area (TPSA) is 82.5 Å². The molecule has 1 aromatic heterocycles. The Labute approximate surface area is 108 Å². The van der Waals surface area contributed by atoms with Crippen LogP contribution < -0.4 is 5.32 Å². The number of rotatable bonds is 5. The van der Waals surface area contributed by atoms with E-state index in [1.807, 2.05) is 0 Å². The molecule has 1 amide bonds. The average Bonchev–Trinajstić information content (AvgIpc) is 2.28. The molecule has 0 spiro atoms. The first-order valence-electron chi connectivity index (χ1n) is 5.23. The third-order valence-corrected chi connectivity index (χ3v) is 2.95. The van der Waals surface area contributed by atoms with E-state index in [-0.39, 0.29) is 12.3 Å². The summed E-state index contributed by atoms with van der Waals surface area (Å²) in [6.45, 7) is 1.73. The van der Waals surface area contributed by atoms with Crippen LogP contribution in [0.25, 0.3) is 0 Å². The highest BCUT2D eigenvalue weighted by atomic mass is 79.9. The number of nitrogens with zero attached hydrogens (tertiary/aromatic N) is 1. The van der Waals surface area contributed by atoms with Crippen molar-refractivity contribution in [3.8, 4) is 0 Å². The Balaban J connectivity index is 2.55. The second-order valence-corrected chi connectivity index (χ2v) is 4.42. The Morgan fingerprint density at radius 3 is 2.88 bits per heavy atom. The van der Waals surface area contributed by atoms with Gasteiger partial charge in [-0.05, 0) is 28.4 Å². The molecule has 6 heteroatoms. The van der Waals surface area contributed by atoms with Crippen LogP contribution in [0.5, 0.6) is 0 Å². The summed E-state index contributed by atoms with van der Waals surface area (Å²) in [4.78, 5) is 14.6. The number of aromatic nitrogens is 1. The predicted molar refractivity (Wildman–Crippen MR) is 66.2 cm³/mol. The van der Waals surface area contributed by atoms with Gasteiger partial charge in [0.05, 0.1) is 6.10 Å². The Hall–Kier alpha value is -0.980. The fraction of sp³-hybridized carbons (Fsp3) is 0.455. The van der Waals surface area contributed by atoms with Crippen molar-refractivity contribution in [1.82, 2.24) is 10.3 Å². The minimum absolute atomic E-state index is 0.158. The number of amides is 1. The van der Waals surface area contributed by atoms with E-state index in [1.54, 1.807) is 18.3 Å². The third kappa shape index (κ3) is 4.41. The summed E-state index contributed by atoms with van der Waals surface area (Å²) in [5.41, 5.74) is 0.530. The number of pyridine rings is 1. The summed E-state index contributed by atoms with van der Waals surface area (Å²) in [5, 5.41) is 22.2. The summed E-state index contributed by atoms with van der Waals surface area (Å²) in [5.74, 6) is -0.158. The predicted octanol–water partition coefficient (Wildman–Crippen LogP) is 0.765. The van der Waals surface area contributed by atoms with E-state index in [0.717, 1.165) is 0 Å². The number of aliphatic hydroxyl groups is 2. The van der Waals surface area contributed by atoms with E-state index in [1.165, 1.54) is 6.92 Å². The second-order valence-electron chi connectivity index (χ2n) is 3.67. The van der Waals surface area contributed by atoms with Crippen LogP contribution in [-0.2, 0) is 4.79 Å². The monoisotopic (exact) mass is 302 g/mol. The van der Waals surface area contributed by atoms with Crippen LogP contribution in [0.4, 0.5) is 0 Å². The van der Waals surface area contributed by atoms with E-state index in [4.69, 9.17) is 0 Å². The Morgan fingerprint density at radius 1 is 1.59 bits per heavy atom. The SMILES string of the molecule is CC(=O)NCCC(O)C(O)c1cccnc1Br. The van der Waals surface area contributed by atoms with Gasteiger partial charge in [0.2, 0.25) is 5.91 Å². The standard InChI is InChI=1S/C11H15BrN2O3/c1-7(15)13-6-4-9(16)10(17)8-3-2-5-14-11(8)12/h2-3,5,9-10,16-17H,4,6H2,1H3,(H,13,15). The molecule has 0 fully saturated rings. The highest BCUT2D eigenvalue weighted by Gasteiger charge is 2.20. The zero-order valence-corrected chi connectivity index (χ0v) is 11.0. The first-order chi connectivity index (χ1) is 8.02. The van der Waals surface area contributed by atoms with Gasteiger partial charge in [0.15, 0.2) is 0 Å². The van der Waals surface area contributed by atoms with Gasteiger partial charge in [0.25, 0.3) is 0 Å². The van der Waals surface area contributed by atoms with E-state index in [0.29, 0.717) is 16.7 Å². The Kier molecular flexibility index (Phi) is 5.54. The van der Waals surface area contributed by atoms with Gasteiger partial charge >= 0.3 is 0 Å². The summed E-state index contributed by atoms with van der Waals surface area (Å²) in [6, 6.07) is 3.37. The maximum Gasteiger partial charge on any atom is 0.216 e. The first kappa shape index (κ1) is 14.1. The number of nitrogens with one attached hydrogen (secondary N) is 1. The number of carbonyl (C=O) groups excluding carboxylic acids is 1. The van der Waals surface area contributed by atoms with Gasteiger partial charge in [0, 0.05) is 25.2 Å². The van der Waals surface area contributed by atoms with Gasteiger partial charge < -0.3 is 15.5 Å². The molecular formula is C11H15BrN2O3. The van der Waals surface area contributed by atoms with Crippen molar-refractivity contribution in [3.63, 3.8) is 0 Å². The van der Waals surface area contributed by atoms with Crippen LogP contribution in [0.2, 0.25) is 0 Å². The number of halogens is 1. The molecule has 1 heterocycles. The third-order valence-electron chi connectivity index (χ3n) is 2.29. The second kappa shape index (κ2) is 6.68. The molecule has 0 aliphatic heterocycles. The molecular weight excluding hydrogens is 288 g/mol. The molecule has 3 N–H and O–H groups in total. The first-order valence-corrected chi connectivity index (χ1v) is 6.02. The lowest BCUT2D eigenvalue weighted by atomic mass is 10.0. The van der Waals surface area contributed by atoms with Crippen LogP contribution >= 0.6 is 15.9 Å². The molecule has 2 unspecified atom stereocenters. The zero-order valence-electron chi connectivity index (χ0n) is 9.43. The molecule has 0 aliphatic rings. The Morgan fingerprint density at radius 2 is 2.29 bits per heavy atom. The maximum absolute atomic E-state index is 10.6. The van der Waals surface area contributed by atoms with Gasteiger partial charge in [-0.15, -0.1) is 0 Å². The minimum Gasteiger partial charge on any atom is -0.390 e. The van der Waals surface area contributed by atoms with Gasteiger partial charge in [-0.2, -0.15) is 0 Å². The summed E-state index contributed by atoms with van der Waals surface area (Å²) < 4.78 is 0.506. The highest BCUT2D eigenvalue weighted by Crippen LogP contribution is 2.24. The number of carbonyl (C=O) groups is 1. The fourth-order valence-corrected chi connectivity index (χ4v) is 1.87. The zero-order chi connectivity index (χ0) is 12.8. The number of aliphatic hydroxyl groups excluding tert-OH is 2. The lowest BCUT2D eigenvalue weighted by Crippen LogP contribution is -2.27. The van der Waals surface area contributed by atoms with Crippen LogP contribution in [0.15, 0.2) is 22.9 Å². The molecule has 94 valence electrons. The van der Waals surface area contributed by atoms with Gasteiger partial charge in [0.1, 0.15) is 10.7 Å². The largest absolute Gasteiger partial charge is 0.390 e. The van der Waals surface area contributed by atoms with Crippen molar-refractivity contribution in [3.05, 3.63) is 28.5 Å². The van der Waals surface area contributed by atoms with E-state index in [9.17, 15) is 15.0 Å². The minimum atomic E-state index is -1.02. The lowest BCUT2D eigenvalue weighted by Gasteiger charge is -2.18. The van der Waals surface area contributed by atoms with Crippen molar-refractivity contribution in [1.29, 1.82) is 0 Å². The van der Waals surface area contributed by atoms with Crippen LogP contribution in [-0.4, -0.2) is 33.8 Å². The summed E-state index contributed by atoms with van der Waals surface area (Å²) in [6.07, 6.45) is -0.0966. The lowest BCUT2D eigenvalue weighted by molar-refractivity contribution is -0.119. The van der Waals surface area contributed by atoms with Gasteiger partial charge in [-0.3, -0.25) is 4.79 Å². The Bertz CT molecular complexity index is 387. The summed E-state index contributed by atoms with van der Waals surface area (Å²) in [7, 11) is 0. The van der Waals surface area contributed by atoms with E-state index >= 15 is 0 Å². The quantitative estimate of drug-likeness (QED) is 0.702. The average molecular weight is 303 g/mol. The van der Waals surface area contributed by atoms with Crippen molar-refractivity contribution in [2.75, 3.05) is 6.54 Å². The molecule has 2 atom stereocenters. The molecule has 17 heavy (non-hydrogen) atoms. The molecule has 0 saturated carbocycles.